The van der Waals surface area contributed by atoms with Crippen molar-refractivity contribution in [1.82, 2.24) is 5.32 Å². The summed E-state index contributed by atoms with van der Waals surface area (Å²) in [5, 5.41) is 5.38. The van der Waals surface area contributed by atoms with Crippen LogP contribution in [0.1, 0.15) is 25.0 Å². The first-order valence-electron chi connectivity index (χ1n) is 10.4. The van der Waals surface area contributed by atoms with Crippen molar-refractivity contribution in [2.75, 3.05) is 17.7 Å². The lowest BCUT2D eigenvalue weighted by molar-refractivity contribution is -0.126. The van der Waals surface area contributed by atoms with E-state index in [-0.39, 0.29) is 29.0 Å². The molecule has 2 aliphatic rings. The Morgan fingerprint density at radius 1 is 1.32 bits per heavy atom. The van der Waals surface area contributed by atoms with Crippen molar-refractivity contribution in [3.8, 4) is 11.5 Å². The van der Waals surface area contributed by atoms with Gasteiger partial charge in [0.1, 0.15) is 29.5 Å². The van der Waals surface area contributed by atoms with Gasteiger partial charge in [0.2, 0.25) is 11.8 Å². The number of hydrogen-bond donors (Lipinski definition) is 2. The quantitative estimate of drug-likeness (QED) is 0.715. The predicted molar refractivity (Wildman–Crippen MR) is 118 cm³/mol. The average Bonchev–Trinajstić information content (AvgIpc) is 3.10. The molecule has 31 heavy (non-hydrogen) atoms. The van der Waals surface area contributed by atoms with E-state index in [9.17, 15) is 14.0 Å². The van der Waals surface area contributed by atoms with Gasteiger partial charge in [0.25, 0.3) is 0 Å². The number of nitrogens with one attached hydrogen (secondary N) is 2. The third kappa shape index (κ3) is 4.95. The summed E-state index contributed by atoms with van der Waals surface area (Å²) in [5.41, 5.74) is 2.47. The van der Waals surface area contributed by atoms with E-state index >= 15 is 0 Å². The lowest BCUT2D eigenvalue weighted by Crippen LogP contribution is -2.52. The molecular formula is C23H25FN2O4S. The number of anilines is 1. The Morgan fingerprint density at radius 2 is 2.10 bits per heavy atom. The van der Waals surface area contributed by atoms with E-state index in [0.717, 1.165) is 23.3 Å². The molecule has 2 aromatic rings. The van der Waals surface area contributed by atoms with Crippen LogP contribution in [0.25, 0.3) is 0 Å². The van der Waals surface area contributed by atoms with Crippen LogP contribution < -0.4 is 20.1 Å². The Bertz CT molecular complexity index is 982. The highest BCUT2D eigenvalue weighted by Crippen LogP contribution is 2.38. The van der Waals surface area contributed by atoms with Crippen LogP contribution in [-0.4, -0.2) is 41.6 Å². The average molecular weight is 445 g/mol. The van der Waals surface area contributed by atoms with E-state index in [1.165, 1.54) is 23.9 Å². The van der Waals surface area contributed by atoms with Gasteiger partial charge in [-0.25, -0.2) is 4.39 Å². The fourth-order valence-corrected chi connectivity index (χ4v) is 4.94. The smallest absolute Gasteiger partial charge is 0.247 e. The van der Waals surface area contributed by atoms with Crippen molar-refractivity contribution in [3.63, 3.8) is 0 Å². The molecule has 2 aliphatic heterocycles. The molecule has 1 fully saturated rings. The molecule has 0 unspecified atom stereocenters. The van der Waals surface area contributed by atoms with Crippen molar-refractivity contribution in [2.24, 2.45) is 0 Å². The van der Waals surface area contributed by atoms with Crippen molar-refractivity contribution in [2.45, 2.75) is 44.1 Å². The van der Waals surface area contributed by atoms with Gasteiger partial charge in [-0.15, -0.1) is 11.8 Å². The summed E-state index contributed by atoms with van der Waals surface area (Å²) < 4.78 is 24.6. The lowest BCUT2D eigenvalue weighted by Gasteiger charge is -2.28. The number of fused-ring (bicyclic) bond motifs is 1. The van der Waals surface area contributed by atoms with E-state index in [2.05, 4.69) is 10.6 Å². The number of benzene rings is 2. The van der Waals surface area contributed by atoms with E-state index in [0.29, 0.717) is 30.2 Å². The second-order valence-corrected chi connectivity index (χ2v) is 8.96. The van der Waals surface area contributed by atoms with Crippen LogP contribution in [0.5, 0.6) is 11.5 Å². The van der Waals surface area contributed by atoms with Gasteiger partial charge in [-0.1, -0.05) is 12.1 Å². The summed E-state index contributed by atoms with van der Waals surface area (Å²) in [5.74, 6) is 0.985. The van der Waals surface area contributed by atoms with Gasteiger partial charge < -0.3 is 20.1 Å². The van der Waals surface area contributed by atoms with Crippen molar-refractivity contribution >= 4 is 29.3 Å². The van der Waals surface area contributed by atoms with Crippen molar-refractivity contribution in [3.05, 3.63) is 53.3 Å². The minimum Gasteiger partial charge on any atom is -0.492 e. The second-order valence-electron chi connectivity index (χ2n) is 7.72. The summed E-state index contributed by atoms with van der Waals surface area (Å²) in [4.78, 5) is 25.4. The molecule has 0 aliphatic carbocycles. The number of hydrogen-bond acceptors (Lipinski definition) is 5. The Morgan fingerprint density at radius 3 is 2.81 bits per heavy atom. The Hall–Kier alpha value is -2.74. The molecule has 2 heterocycles. The molecule has 164 valence electrons. The van der Waals surface area contributed by atoms with Gasteiger partial charge in [0, 0.05) is 23.8 Å². The molecule has 2 aromatic carbocycles. The molecule has 8 heteroatoms. The molecule has 0 radical (unpaired) electrons. The molecular weight excluding hydrogens is 419 g/mol. The summed E-state index contributed by atoms with van der Waals surface area (Å²) in [6.45, 7) is 4.35. The van der Waals surface area contributed by atoms with Gasteiger partial charge in [0.15, 0.2) is 0 Å². The van der Waals surface area contributed by atoms with Crippen LogP contribution in [0, 0.1) is 5.82 Å². The van der Waals surface area contributed by atoms with Crippen LogP contribution >= 0.6 is 11.8 Å². The van der Waals surface area contributed by atoms with Crippen LogP contribution in [0.2, 0.25) is 0 Å². The summed E-state index contributed by atoms with van der Waals surface area (Å²) in [7, 11) is 0. The molecule has 6 nitrogen and oxygen atoms in total. The first kappa shape index (κ1) is 21.5. The molecule has 2 N–H and O–H groups in total. The maximum absolute atomic E-state index is 13.1. The highest BCUT2D eigenvalue weighted by molar-refractivity contribution is 8.00. The predicted octanol–water partition coefficient (Wildman–Crippen LogP) is 3.33. The topological polar surface area (TPSA) is 76.7 Å². The minimum atomic E-state index is -0.649. The molecule has 0 aromatic heterocycles. The Labute approximate surface area is 184 Å². The zero-order chi connectivity index (χ0) is 22.0. The van der Waals surface area contributed by atoms with Gasteiger partial charge in [-0.05, 0) is 44.0 Å². The molecule has 2 amide bonds. The standard InChI is InChI=1S/C23H25FN2O4S/c1-3-29-20-10-15-8-13(2)30-19(15)11-17(20)25-22(27)18-12-31-21(23(28)26-18)9-14-4-6-16(24)7-5-14/h4-7,10-11,13,18,21H,3,8-9,12H2,1-2H3,(H,25,27)(H,26,28)/t13-,18-,21+/m0/s1. The maximum Gasteiger partial charge on any atom is 0.247 e. The number of thioether (sulfide) groups is 1. The van der Waals surface area contributed by atoms with Crippen molar-refractivity contribution in [1.29, 1.82) is 0 Å². The number of amides is 2. The van der Waals surface area contributed by atoms with E-state index in [1.807, 2.05) is 19.9 Å². The third-order valence-corrected chi connectivity index (χ3v) is 6.59. The zero-order valence-corrected chi connectivity index (χ0v) is 18.3. The van der Waals surface area contributed by atoms with Gasteiger partial charge in [-0.2, -0.15) is 0 Å². The molecule has 1 saturated heterocycles. The number of carbonyl (C=O) groups excluding carboxylic acids is 2. The fraction of sp³-hybridized carbons (Fsp3) is 0.391. The third-order valence-electron chi connectivity index (χ3n) is 5.28. The molecule has 0 bridgehead atoms. The summed E-state index contributed by atoms with van der Waals surface area (Å²) in [6.07, 6.45) is 1.37. The zero-order valence-electron chi connectivity index (χ0n) is 17.4. The van der Waals surface area contributed by atoms with E-state index in [1.54, 1.807) is 18.2 Å². The second kappa shape index (κ2) is 9.18. The molecule has 0 saturated carbocycles. The Kier molecular flexibility index (Phi) is 6.36. The molecule has 4 rings (SSSR count). The first-order valence-corrected chi connectivity index (χ1v) is 11.4. The number of carbonyl (C=O) groups is 2. The van der Waals surface area contributed by atoms with Crippen LogP contribution in [-0.2, 0) is 22.4 Å². The lowest BCUT2D eigenvalue weighted by atomic mass is 10.1. The van der Waals surface area contributed by atoms with Crippen molar-refractivity contribution < 1.29 is 23.5 Å². The van der Waals surface area contributed by atoms with E-state index < -0.39 is 6.04 Å². The van der Waals surface area contributed by atoms with Crippen LogP contribution in [0.3, 0.4) is 0 Å². The van der Waals surface area contributed by atoms with Gasteiger partial charge in [0.05, 0.1) is 17.5 Å². The minimum absolute atomic E-state index is 0.0856. The molecule has 0 spiro atoms. The Balaban J connectivity index is 1.40. The number of halogens is 1. The van der Waals surface area contributed by atoms with Gasteiger partial charge >= 0.3 is 0 Å². The highest BCUT2D eigenvalue weighted by atomic mass is 32.2. The highest BCUT2D eigenvalue weighted by Gasteiger charge is 2.33. The summed E-state index contributed by atoms with van der Waals surface area (Å²) >= 11 is 1.43. The normalized spacial score (nSPS) is 22.3. The molecule has 3 atom stereocenters. The summed E-state index contributed by atoms with van der Waals surface area (Å²) in [6, 6.07) is 9.16. The first-order chi connectivity index (χ1) is 14.9. The SMILES string of the molecule is CCOc1cc2c(cc1NC(=O)[C@@H]1CS[C@H](Cc3ccc(F)cc3)C(=O)N1)O[C@@H](C)C2. The van der Waals surface area contributed by atoms with Gasteiger partial charge in [-0.3, -0.25) is 9.59 Å². The largest absolute Gasteiger partial charge is 0.492 e. The maximum atomic E-state index is 13.1. The van der Waals surface area contributed by atoms with Crippen LogP contribution in [0.4, 0.5) is 10.1 Å². The van der Waals surface area contributed by atoms with Crippen LogP contribution in [0.15, 0.2) is 36.4 Å². The van der Waals surface area contributed by atoms with E-state index in [4.69, 9.17) is 9.47 Å². The monoisotopic (exact) mass is 444 g/mol. The number of rotatable bonds is 6. The number of ether oxygens (including phenoxy) is 2. The fourth-order valence-electron chi connectivity index (χ4n) is 3.75.